The van der Waals surface area contributed by atoms with E-state index in [1.54, 1.807) is 6.33 Å². The van der Waals surface area contributed by atoms with Crippen LogP contribution in [-0.2, 0) is 5.54 Å². The topological polar surface area (TPSA) is 55.0 Å². The van der Waals surface area contributed by atoms with E-state index in [0.717, 1.165) is 48.2 Å². The maximum Gasteiger partial charge on any atom is 0.116 e. The molecule has 0 bridgehead atoms. The minimum Gasteiger partial charge on any atom is -0.320 e. The van der Waals surface area contributed by atoms with Crippen molar-refractivity contribution in [3.8, 4) is 0 Å². The fourth-order valence-electron chi connectivity index (χ4n) is 3.98. The van der Waals surface area contributed by atoms with Gasteiger partial charge in [0.25, 0.3) is 0 Å². The van der Waals surface area contributed by atoms with Crippen molar-refractivity contribution < 1.29 is 0 Å². The van der Waals surface area contributed by atoms with Crippen LogP contribution in [0.15, 0.2) is 30.6 Å². The Bertz CT molecular complexity index is 784. The summed E-state index contributed by atoms with van der Waals surface area (Å²) >= 11 is 0. The highest BCUT2D eigenvalue weighted by Gasteiger charge is 2.36. The summed E-state index contributed by atoms with van der Waals surface area (Å²) in [5.41, 5.74) is 9.76. The first-order valence-electron chi connectivity index (χ1n) is 9.44. The predicted octanol–water partition coefficient (Wildman–Crippen LogP) is 3.71. The van der Waals surface area contributed by atoms with Crippen LogP contribution in [0.2, 0.25) is 0 Å². The third-order valence-electron chi connectivity index (χ3n) is 5.89. The minimum absolute atomic E-state index is 0.341. The monoisotopic (exact) mass is 336 g/mol. The lowest BCUT2D eigenvalue weighted by molar-refractivity contribution is 0.172. The van der Waals surface area contributed by atoms with Gasteiger partial charge < -0.3 is 10.6 Å². The highest BCUT2D eigenvalue weighted by molar-refractivity contribution is 5.84. The molecule has 4 nitrogen and oxygen atoms in total. The Labute approximate surface area is 150 Å². The van der Waals surface area contributed by atoms with Gasteiger partial charge in [-0.1, -0.05) is 18.2 Å². The lowest BCUT2D eigenvalue weighted by Gasteiger charge is -2.39. The van der Waals surface area contributed by atoms with Gasteiger partial charge in [-0.15, -0.1) is 0 Å². The molecule has 2 aromatic rings. The van der Waals surface area contributed by atoms with E-state index in [1.165, 1.54) is 18.4 Å². The van der Waals surface area contributed by atoms with Crippen LogP contribution in [-0.4, -0.2) is 35.0 Å². The molecule has 4 heteroatoms. The molecule has 0 amide bonds. The molecule has 2 aliphatic carbocycles. The first-order valence-corrected chi connectivity index (χ1v) is 9.44. The van der Waals surface area contributed by atoms with Gasteiger partial charge in [-0.05, 0) is 76.2 Å². The molecule has 2 saturated carbocycles. The molecular formula is C21H28N4. The molecule has 25 heavy (non-hydrogen) atoms. The number of benzene rings is 1. The fourth-order valence-corrected chi connectivity index (χ4v) is 3.98. The lowest BCUT2D eigenvalue weighted by Crippen LogP contribution is -2.45. The summed E-state index contributed by atoms with van der Waals surface area (Å²) in [7, 11) is 4.32. The highest BCUT2D eigenvalue weighted by atomic mass is 15.1. The average molecular weight is 336 g/mol. The van der Waals surface area contributed by atoms with Gasteiger partial charge in [-0.3, -0.25) is 0 Å². The van der Waals surface area contributed by atoms with Gasteiger partial charge in [0.05, 0.1) is 16.7 Å². The van der Waals surface area contributed by atoms with Gasteiger partial charge in [0.2, 0.25) is 0 Å². The van der Waals surface area contributed by atoms with Gasteiger partial charge in [0.15, 0.2) is 0 Å². The van der Waals surface area contributed by atoms with E-state index < -0.39 is 0 Å². The van der Waals surface area contributed by atoms with Crippen LogP contribution in [0, 0.1) is 5.92 Å². The Hall–Kier alpha value is -1.78. The van der Waals surface area contributed by atoms with E-state index in [-0.39, 0.29) is 5.54 Å². The van der Waals surface area contributed by atoms with Gasteiger partial charge >= 0.3 is 0 Å². The molecule has 4 rings (SSSR count). The van der Waals surface area contributed by atoms with Crippen LogP contribution in [0.25, 0.3) is 17.0 Å². The summed E-state index contributed by atoms with van der Waals surface area (Å²) < 4.78 is 0. The SMILES string of the molecule is CN(C)C1CCC(N)(c2ncnc3ccc(/C=C/C4CC4)cc23)CC1. The van der Waals surface area contributed by atoms with Gasteiger partial charge in [-0.2, -0.15) is 0 Å². The Morgan fingerprint density at radius 3 is 2.56 bits per heavy atom. The molecule has 2 N–H and O–H groups in total. The zero-order valence-electron chi connectivity index (χ0n) is 15.3. The van der Waals surface area contributed by atoms with Crippen molar-refractivity contribution in [2.24, 2.45) is 11.7 Å². The molecule has 2 aliphatic rings. The van der Waals surface area contributed by atoms with E-state index in [4.69, 9.17) is 5.73 Å². The smallest absolute Gasteiger partial charge is 0.116 e. The molecule has 0 radical (unpaired) electrons. The molecule has 0 spiro atoms. The van der Waals surface area contributed by atoms with E-state index in [9.17, 15) is 0 Å². The number of rotatable bonds is 4. The lowest BCUT2D eigenvalue weighted by atomic mass is 9.76. The molecule has 1 aromatic heterocycles. The number of nitrogens with zero attached hydrogens (tertiary/aromatic N) is 3. The maximum absolute atomic E-state index is 6.86. The summed E-state index contributed by atoms with van der Waals surface area (Å²) in [6.07, 6.45) is 13.1. The van der Waals surface area contributed by atoms with E-state index in [0.29, 0.717) is 6.04 Å². The minimum atomic E-state index is -0.341. The van der Waals surface area contributed by atoms with Crippen LogP contribution in [0.1, 0.15) is 49.8 Å². The van der Waals surface area contributed by atoms with Crippen LogP contribution < -0.4 is 5.73 Å². The number of hydrogen-bond acceptors (Lipinski definition) is 4. The van der Waals surface area contributed by atoms with Crippen LogP contribution in [0.3, 0.4) is 0 Å². The van der Waals surface area contributed by atoms with Crippen LogP contribution in [0.4, 0.5) is 0 Å². The third kappa shape index (κ3) is 3.46. The van der Waals surface area contributed by atoms with Gasteiger partial charge in [-0.25, -0.2) is 9.97 Å². The van der Waals surface area contributed by atoms with Crippen molar-refractivity contribution >= 4 is 17.0 Å². The first-order chi connectivity index (χ1) is 12.0. The zero-order chi connectivity index (χ0) is 17.4. The van der Waals surface area contributed by atoms with Gasteiger partial charge in [0, 0.05) is 11.4 Å². The van der Waals surface area contributed by atoms with Gasteiger partial charge in [0.1, 0.15) is 6.33 Å². The third-order valence-corrected chi connectivity index (χ3v) is 5.89. The Balaban J connectivity index is 1.67. The van der Waals surface area contributed by atoms with E-state index in [1.807, 2.05) is 0 Å². The number of fused-ring (bicyclic) bond motifs is 1. The molecule has 2 fully saturated rings. The van der Waals surface area contributed by atoms with Crippen molar-refractivity contribution in [2.75, 3.05) is 14.1 Å². The van der Waals surface area contributed by atoms with Crippen molar-refractivity contribution in [2.45, 2.75) is 50.1 Å². The second-order valence-corrected chi connectivity index (χ2v) is 8.05. The van der Waals surface area contributed by atoms with Crippen molar-refractivity contribution in [3.05, 3.63) is 41.9 Å². The quantitative estimate of drug-likeness (QED) is 0.925. The number of aromatic nitrogens is 2. The first kappa shape index (κ1) is 16.7. The summed E-state index contributed by atoms with van der Waals surface area (Å²) in [5.74, 6) is 0.782. The molecule has 132 valence electrons. The largest absolute Gasteiger partial charge is 0.320 e. The summed E-state index contributed by atoms with van der Waals surface area (Å²) in [6, 6.07) is 7.09. The summed E-state index contributed by atoms with van der Waals surface area (Å²) in [6.45, 7) is 0. The molecular weight excluding hydrogens is 308 g/mol. The normalized spacial score (nSPS) is 27.4. The van der Waals surface area contributed by atoms with Crippen molar-refractivity contribution in [1.82, 2.24) is 14.9 Å². The fraction of sp³-hybridized carbons (Fsp3) is 0.524. The second kappa shape index (κ2) is 6.50. The highest BCUT2D eigenvalue weighted by Crippen LogP contribution is 2.38. The van der Waals surface area contributed by atoms with Crippen LogP contribution >= 0.6 is 0 Å². The Kier molecular flexibility index (Phi) is 4.34. The number of hydrogen-bond donors (Lipinski definition) is 1. The van der Waals surface area contributed by atoms with E-state index in [2.05, 4.69) is 59.3 Å². The van der Waals surface area contributed by atoms with Crippen molar-refractivity contribution in [1.29, 1.82) is 0 Å². The molecule has 1 heterocycles. The number of allylic oxidation sites excluding steroid dienone is 1. The Morgan fingerprint density at radius 1 is 1.12 bits per heavy atom. The molecule has 0 aliphatic heterocycles. The summed E-state index contributed by atoms with van der Waals surface area (Å²) in [4.78, 5) is 11.4. The molecule has 0 atom stereocenters. The standard InChI is InChI=1S/C21H28N4/c1-25(2)17-9-11-21(22,12-10-17)20-18-13-16(6-5-15-3-4-15)7-8-19(18)23-14-24-20/h5-8,13-15,17H,3-4,9-12,22H2,1-2H3/b6-5+. The maximum atomic E-state index is 6.86. The second-order valence-electron chi connectivity index (χ2n) is 8.05. The Morgan fingerprint density at radius 2 is 1.88 bits per heavy atom. The molecule has 1 aromatic carbocycles. The molecule has 0 unspecified atom stereocenters. The number of nitrogens with two attached hydrogens (primary N) is 1. The summed E-state index contributed by atoms with van der Waals surface area (Å²) in [5, 5.41) is 1.12. The van der Waals surface area contributed by atoms with E-state index >= 15 is 0 Å². The van der Waals surface area contributed by atoms with Crippen LogP contribution in [0.5, 0.6) is 0 Å². The molecule has 0 saturated heterocycles. The predicted molar refractivity (Wildman–Crippen MR) is 103 cm³/mol. The van der Waals surface area contributed by atoms with Crippen molar-refractivity contribution in [3.63, 3.8) is 0 Å². The zero-order valence-corrected chi connectivity index (χ0v) is 15.3. The average Bonchev–Trinajstić information content (AvgIpc) is 3.44.